The van der Waals surface area contributed by atoms with Crippen molar-refractivity contribution >= 4 is 72.4 Å². The van der Waals surface area contributed by atoms with Crippen LogP contribution in [0.1, 0.15) is 57.4 Å². The average molecular weight is 654 g/mol. The Morgan fingerprint density at radius 2 is 2.02 bits per heavy atom. The molecule has 1 aliphatic carbocycles. The molecule has 2 atom stereocenters. The summed E-state index contributed by atoms with van der Waals surface area (Å²) in [5.74, 6) is 0.414. The Balaban J connectivity index is 1.26. The van der Waals surface area contributed by atoms with E-state index in [1.807, 2.05) is 10.8 Å². The number of nitrogens with one attached hydrogen (secondary N) is 1. The molecular formula is C27H27Cl2N4O5PS2. The number of hydrogen-bond acceptors (Lipinski definition) is 9. The number of carbonyl (C=O) groups excluding carboxylic acids is 1. The van der Waals surface area contributed by atoms with Crippen molar-refractivity contribution in [1.82, 2.24) is 18.9 Å². The molecule has 2 aliphatic rings. The van der Waals surface area contributed by atoms with Crippen molar-refractivity contribution in [2.45, 2.75) is 37.9 Å². The molecule has 2 unspecified atom stereocenters. The first-order chi connectivity index (χ1) is 19.8. The van der Waals surface area contributed by atoms with Crippen molar-refractivity contribution in [3.63, 3.8) is 0 Å². The summed E-state index contributed by atoms with van der Waals surface area (Å²) in [5, 5.41) is 5.38. The first-order valence-corrected chi connectivity index (χ1v) is 16.6. The van der Waals surface area contributed by atoms with Gasteiger partial charge in [0.25, 0.3) is 5.91 Å². The molecule has 216 valence electrons. The molecular weight excluding hydrogens is 626 g/mol. The standard InChI is InChI=1S/C27H27Cl2N4O5PS2/c1-3-16(12-22-18(4-2)25(31-40-22)27(34)32-41(35)36)33-11-10-17(14-39-33)37-13-19-24(30-38-26(19)15-8-9-15)23-20(28)6-5-7-21(23)29/h3-7,12,15,17,39,41H,1-2,8-11,13-14H2,(H,32,34,35,36)/b16-12+. The predicted octanol–water partition coefficient (Wildman–Crippen LogP) is 6.29. The van der Waals surface area contributed by atoms with Gasteiger partial charge in [-0.25, -0.2) is 13.1 Å². The summed E-state index contributed by atoms with van der Waals surface area (Å²) in [7, 11) is -2.64. The molecule has 0 bridgehead atoms. The van der Waals surface area contributed by atoms with E-state index in [1.54, 1.807) is 24.3 Å². The Labute approximate surface area is 255 Å². The maximum Gasteiger partial charge on any atom is 0.284 e. The lowest BCUT2D eigenvalue weighted by Crippen LogP contribution is -2.30. The third kappa shape index (κ3) is 6.77. The second-order valence-electron chi connectivity index (χ2n) is 9.47. The van der Waals surface area contributed by atoms with Crippen LogP contribution in [0.5, 0.6) is 0 Å². The van der Waals surface area contributed by atoms with Crippen LogP contribution < -0.4 is 4.72 Å². The van der Waals surface area contributed by atoms with Crippen LogP contribution in [0.2, 0.25) is 10.0 Å². The van der Waals surface area contributed by atoms with Crippen LogP contribution in [-0.4, -0.2) is 47.3 Å². The molecule has 1 amide bonds. The lowest BCUT2D eigenvalue weighted by atomic mass is 10.0. The number of aromatic nitrogens is 2. The summed E-state index contributed by atoms with van der Waals surface area (Å²) in [6.45, 7) is 8.83. The number of nitrogens with zero attached hydrogens (tertiary/aromatic N) is 3. The van der Waals surface area contributed by atoms with Crippen LogP contribution in [0, 0.1) is 0 Å². The second-order valence-corrected chi connectivity index (χ2v) is 13.1. The molecule has 3 aromatic rings. The average Bonchev–Trinajstić information content (AvgIpc) is 3.58. The second kappa shape index (κ2) is 13.2. The zero-order valence-electron chi connectivity index (χ0n) is 21.8. The fraction of sp³-hybridized carbons (Fsp3) is 0.296. The summed E-state index contributed by atoms with van der Waals surface area (Å²) < 4.78 is 42.2. The van der Waals surface area contributed by atoms with Crippen LogP contribution in [0.3, 0.4) is 0 Å². The van der Waals surface area contributed by atoms with Gasteiger partial charge in [-0.05, 0) is 63.8 Å². The van der Waals surface area contributed by atoms with Crippen molar-refractivity contribution in [1.29, 1.82) is 0 Å². The van der Waals surface area contributed by atoms with Gasteiger partial charge in [0.05, 0.1) is 27.6 Å². The van der Waals surface area contributed by atoms with Gasteiger partial charge in [0, 0.05) is 41.0 Å². The molecule has 1 saturated carbocycles. The van der Waals surface area contributed by atoms with Crippen molar-refractivity contribution in [3.05, 3.63) is 80.6 Å². The van der Waals surface area contributed by atoms with Crippen molar-refractivity contribution < 1.29 is 22.5 Å². The summed E-state index contributed by atoms with van der Waals surface area (Å²) in [6, 6.07) is 5.37. The van der Waals surface area contributed by atoms with Crippen LogP contribution >= 0.6 is 43.5 Å². The van der Waals surface area contributed by atoms with E-state index in [1.165, 1.54) is 6.08 Å². The zero-order chi connectivity index (χ0) is 29.1. The Bertz CT molecular complexity index is 1560. The van der Waals surface area contributed by atoms with Gasteiger partial charge in [0.15, 0.2) is 5.69 Å². The molecule has 9 nitrogen and oxygen atoms in total. The molecule has 2 fully saturated rings. The highest BCUT2D eigenvalue weighted by atomic mass is 35.5. The van der Waals surface area contributed by atoms with E-state index in [9.17, 15) is 13.2 Å². The lowest BCUT2D eigenvalue weighted by Gasteiger charge is -2.34. The quantitative estimate of drug-likeness (QED) is 0.141. The number of hydrogen-bond donors (Lipinski definition) is 2. The molecule has 41 heavy (non-hydrogen) atoms. The maximum absolute atomic E-state index is 12.2. The first kappa shape index (κ1) is 29.9. The van der Waals surface area contributed by atoms with E-state index in [0.717, 1.165) is 60.5 Å². The maximum atomic E-state index is 12.2. The number of ether oxygens (including phenoxy) is 1. The molecule has 3 heterocycles. The van der Waals surface area contributed by atoms with E-state index in [2.05, 4.69) is 27.4 Å². The molecule has 0 spiro atoms. The van der Waals surface area contributed by atoms with Crippen molar-refractivity contribution in [2.24, 2.45) is 0 Å². The van der Waals surface area contributed by atoms with E-state index in [-0.39, 0.29) is 11.8 Å². The minimum absolute atomic E-state index is 0.0187. The van der Waals surface area contributed by atoms with Gasteiger partial charge in [0.2, 0.25) is 10.9 Å². The molecule has 2 aromatic heterocycles. The van der Waals surface area contributed by atoms with Crippen LogP contribution in [0.25, 0.3) is 23.4 Å². The highest BCUT2D eigenvalue weighted by molar-refractivity contribution is 7.71. The zero-order valence-corrected chi connectivity index (χ0v) is 26.0. The Hall–Kier alpha value is -2.53. The van der Waals surface area contributed by atoms with E-state index in [4.69, 9.17) is 32.5 Å². The smallest absolute Gasteiger partial charge is 0.284 e. The topological polar surface area (TPSA) is 115 Å². The molecule has 1 aromatic carbocycles. The number of rotatable bonds is 11. The summed E-state index contributed by atoms with van der Waals surface area (Å²) >= 11 is 14.1. The first-order valence-electron chi connectivity index (χ1n) is 12.8. The summed E-state index contributed by atoms with van der Waals surface area (Å²) in [5.41, 5.74) is 3.57. The van der Waals surface area contributed by atoms with Crippen LogP contribution in [-0.2, 0) is 22.2 Å². The van der Waals surface area contributed by atoms with Crippen molar-refractivity contribution in [2.75, 3.05) is 12.7 Å². The summed E-state index contributed by atoms with van der Waals surface area (Å²) in [6.07, 6.45) is 8.93. The molecule has 0 radical (unpaired) electrons. The molecule has 1 aliphatic heterocycles. The largest absolute Gasteiger partial charge is 0.373 e. The van der Waals surface area contributed by atoms with Gasteiger partial charge in [-0.2, -0.15) is 4.37 Å². The van der Waals surface area contributed by atoms with Gasteiger partial charge in [-0.15, -0.1) is 0 Å². The van der Waals surface area contributed by atoms with E-state index >= 15 is 0 Å². The Kier molecular flexibility index (Phi) is 9.63. The number of halogens is 2. The van der Waals surface area contributed by atoms with Gasteiger partial charge in [-0.3, -0.25) is 4.79 Å². The van der Waals surface area contributed by atoms with Gasteiger partial charge >= 0.3 is 0 Å². The minimum atomic E-state index is -3.08. The fourth-order valence-electron chi connectivity index (χ4n) is 4.57. The lowest BCUT2D eigenvalue weighted by molar-refractivity contribution is 0.0435. The number of benzene rings is 1. The Morgan fingerprint density at radius 1 is 1.27 bits per heavy atom. The molecule has 5 rings (SSSR count). The molecule has 1 saturated heterocycles. The predicted molar refractivity (Wildman–Crippen MR) is 165 cm³/mol. The van der Waals surface area contributed by atoms with E-state index in [0.29, 0.717) is 53.0 Å². The van der Waals surface area contributed by atoms with Gasteiger partial charge in [0.1, 0.15) is 11.5 Å². The summed E-state index contributed by atoms with van der Waals surface area (Å²) in [4.78, 5) is 12.9. The van der Waals surface area contributed by atoms with E-state index < -0.39 is 16.8 Å². The number of allylic oxidation sites excluding steroid dienone is 1. The van der Waals surface area contributed by atoms with Gasteiger partial charge in [-0.1, -0.05) is 53.7 Å². The minimum Gasteiger partial charge on any atom is -0.373 e. The fourth-order valence-corrected chi connectivity index (χ4v) is 7.61. The monoisotopic (exact) mass is 652 g/mol. The molecule has 1 N–H and O–H groups in total. The number of thiol groups is 1. The van der Waals surface area contributed by atoms with Crippen LogP contribution in [0.15, 0.2) is 47.7 Å². The number of amides is 1. The molecule has 14 heteroatoms. The van der Waals surface area contributed by atoms with Crippen molar-refractivity contribution in [3.8, 4) is 11.3 Å². The highest BCUT2D eigenvalue weighted by Crippen LogP contribution is 2.46. The van der Waals surface area contributed by atoms with Gasteiger partial charge < -0.3 is 13.9 Å². The highest BCUT2D eigenvalue weighted by Gasteiger charge is 2.34. The Morgan fingerprint density at radius 3 is 2.63 bits per heavy atom. The SMILES string of the molecule is C=C/C(=C\c1snc(C(=O)N[SH](=O)=O)c1C=C)N1CCC(OCc2c(-c3c(Cl)cccc3Cl)noc2C2CC2)CP1. The number of carbonyl (C=O) groups is 1. The van der Waals surface area contributed by atoms with Crippen LogP contribution in [0.4, 0.5) is 0 Å². The third-order valence-electron chi connectivity index (χ3n) is 6.78. The third-order valence-corrected chi connectivity index (χ3v) is 10.1. The normalized spacial score (nSPS) is 18.2.